The summed E-state index contributed by atoms with van der Waals surface area (Å²) >= 11 is 3.72. The molecule has 0 saturated carbocycles. The first-order valence-electron chi connectivity index (χ1n) is 1.69. The average Bonchev–Trinajstić information content (AvgIpc) is 1.68. The Kier molecular flexibility index (Phi) is 5.08. The molecule has 0 aromatic heterocycles. The molecule has 0 atom stereocenters. The van der Waals surface area contributed by atoms with Crippen molar-refractivity contribution < 1.29 is 36.3 Å². The molecule has 0 spiro atoms. The van der Waals surface area contributed by atoms with Crippen LogP contribution in [-0.4, -0.2) is 9.13 Å². The maximum absolute atomic E-state index is 5.37. The van der Waals surface area contributed by atoms with Crippen LogP contribution in [0.25, 0.3) is 0 Å². The molecular formula is C4H5NVW. The Labute approximate surface area is 62.9 Å². The first kappa shape index (κ1) is 7.55. The standard InChI is InChI=1S/C4H5N.V.W/c1-3-4(2)5;;/h1-3H,5H2;;/b4-3+;;. The second kappa shape index (κ2) is 4.71. The van der Waals surface area contributed by atoms with Crippen LogP contribution in [0.4, 0.5) is 0 Å². The van der Waals surface area contributed by atoms with Crippen molar-refractivity contribution in [1.82, 2.24) is 0 Å². The fourth-order valence-electron chi connectivity index (χ4n) is 0.125. The minimum absolute atomic E-state index is 0.843. The molecule has 0 aliphatic heterocycles. The van der Waals surface area contributed by atoms with Gasteiger partial charge in [0.25, 0.3) is 0 Å². The zero-order chi connectivity index (χ0) is 5.70. The summed E-state index contributed by atoms with van der Waals surface area (Å²) in [7, 11) is 0. The molecule has 0 aliphatic carbocycles. The van der Waals surface area contributed by atoms with Crippen molar-refractivity contribution in [3.63, 3.8) is 0 Å². The van der Waals surface area contributed by atoms with E-state index < -0.39 is 0 Å². The molecule has 0 aromatic carbocycles. The first-order valence-corrected chi connectivity index (χ1v) is 4.19. The summed E-state index contributed by atoms with van der Waals surface area (Å²) in [6.07, 6.45) is 1.85. The third kappa shape index (κ3) is 4.41. The van der Waals surface area contributed by atoms with Crippen molar-refractivity contribution in [2.45, 2.75) is 0 Å². The van der Waals surface area contributed by atoms with Crippen LogP contribution in [0.15, 0.2) is 11.8 Å². The van der Waals surface area contributed by atoms with Gasteiger partial charge in [-0.3, -0.25) is 0 Å². The predicted octanol–water partition coefficient (Wildman–Crippen LogP) is -0.473. The van der Waals surface area contributed by atoms with E-state index in [1.807, 2.05) is 15.2 Å². The monoisotopic (exact) mass is 302 g/mol. The summed E-state index contributed by atoms with van der Waals surface area (Å²) in [4.78, 5) is 0. The second-order valence-electron chi connectivity index (χ2n) is 0.934. The van der Waals surface area contributed by atoms with Crippen molar-refractivity contribution in [1.29, 1.82) is 0 Å². The van der Waals surface area contributed by atoms with Gasteiger partial charge in [-0.2, -0.15) is 0 Å². The van der Waals surface area contributed by atoms with E-state index in [0.29, 0.717) is 0 Å². The molecule has 0 amide bonds. The third-order valence-corrected chi connectivity index (χ3v) is 1.61. The first-order chi connectivity index (χ1) is 3.31. The van der Waals surface area contributed by atoms with Gasteiger partial charge in [-0.1, -0.05) is 0 Å². The summed E-state index contributed by atoms with van der Waals surface area (Å²) in [5, 5.41) is 0. The normalized spacial score (nSPS) is 10.4. The third-order valence-electron chi connectivity index (χ3n) is 0.403. The fourth-order valence-corrected chi connectivity index (χ4v) is 0.676. The number of hydrogen-bond donors (Lipinski definition) is 1. The van der Waals surface area contributed by atoms with E-state index in [0.717, 1.165) is 5.70 Å². The number of allylic oxidation sites excluding steroid dienone is 2. The summed E-state index contributed by atoms with van der Waals surface area (Å²) in [5.41, 5.74) is 6.21. The van der Waals surface area contributed by atoms with Crippen LogP contribution in [0.5, 0.6) is 0 Å². The molecule has 0 rings (SSSR count). The molecule has 3 heteroatoms. The van der Waals surface area contributed by atoms with E-state index in [2.05, 4.69) is 17.0 Å². The fraction of sp³-hybridized carbons (Fsp3) is 0. The Balaban J connectivity index is 3.72. The number of rotatable bonds is 2. The second-order valence-corrected chi connectivity index (χ2v) is 2.25. The van der Waals surface area contributed by atoms with Crippen molar-refractivity contribution in [3.8, 4) is 0 Å². The molecule has 0 heterocycles. The van der Waals surface area contributed by atoms with Crippen LogP contribution in [0.3, 0.4) is 0 Å². The molecule has 7 heavy (non-hydrogen) atoms. The molecule has 37 valence electrons. The maximum atomic E-state index is 5.37. The van der Waals surface area contributed by atoms with Crippen LogP contribution in [-0.2, 0) is 36.3 Å². The number of hydrogen-bond acceptors (Lipinski definition) is 1. The summed E-state index contributed by atoms with van der Waals surface area (Å²) < 4.78 is 3.80. The van der Waals surface area contributed by atoms with Crippen LogP contribution in [0.1, 0.15) is 0 Å². The van der Waals surface area contributed by atoms with Gasteiger partial charge >= 0.3 is 63.0 Å². The summed E-state index contributed by atoms with van der Waals surface area (Å²) in [6.45, 7) is 0. The van der Waals surface area contributed by atoms with Crippen LogP contribution in [0.2, 0.25) is 0 Å². The van der Waals surface area contributed by atoms with Gasteiger partial charge in [0, 0.05) is 0 Å². The van der Waals surface area contributed by atoms with Gasteiger partial charge in [0.15, 0.2) is 0 Å². The van der Waals surface area contributed by atoms with Gasteiger partial charge in [0.05, 0.1) is 0 Å². The van der Waals surface area contributed by atoms with Gasteiger partial charge in [-0.15, -0.1) is 0 Å². The molecule has 0 bridgehead atoms. The SMILES string of the molecule is N/C([CH]=[W])=C/[CH]=[V]. The zero-order valence-corrected chi connectivity index (χ0v) is 7.99. The molecule has 0 radical (unpaired) electrons. The van der Waals surface area contributed by atoms with E-state index in [1.165, 1.54) is 19.4 Å². The van der Waals surface area contributed by atoms with Crippen LogP contribution < -0.4 is 5.73 Å². The van der Waals surface area contributed by atoms with Crippen molar-refractivity contribution in [3.05, 3.63) is 11.8 Å². The Morgan fingerprint density at radius 2 is 2.29 bits per heavy atom. The Morgan fingerprint density at radius 3 is 2.43 bits per heavy atom. The van der Waals surface area contributed by atoms with Crippen molar-refractivity contribution in [2.24, 2.45) is 5.73 Å². The average molecular weight is 302 g/mol. The van der Waals surface area contributed by atoms with Gasteiger partial charge in [-0.05, 0) is 0 Å². The van der Waals surface area contributed by atoms with Gasteiger partial charge in [-0.25, -0.2) is 0 Å². The van der Waals surface area contributed by atoms with E-state index in [-0.39, 0.29) is 0 Å². The van der Waals surface area contributed by atoms with Crippen molar-refractivity contribution in [2.75, 3.05) is 0 Å². The molecule has 0 fully saturated rings. The topological polar surface area (TPSA) is 26.0 Å². The molecule has 0 saturated heterocycles. The van der Waals surface area contributed by atoms with Gasteiger partial charge < -0.3 is 0 Å². The van der Waals surface area contributed by atoms with Crippen LogP contribution in [0, 0.1) is 0 Å². The van der Waals surface area contributed by atoms with E-state index in [4.69, 9.17) is 5.73 Å². The van der Waals surface area contributed by atoms with Crippen LogP contribution >= 0.6 is 0 Å². The van der Waals surface area contributed by atoms with Gasteiger partial charge in [0.1, 0.15) is 0 Å². The predicted molar refractivity (Wildman–Crippen MR) is 24.4 cm³/mol. The van der Waals surface area contributed by atoms with E-state index in [9.17, 15) is 0 Å². The summed E-state index contributed by atoms with van der Waals surface area (Å²) in [5.74, 6) is 0. The molecule has 2 N–H and O–H groups in total. The van der Waals surface area contributed by atoms with Gasteiger partial charge in [0.2, 0.25) is 0 Å². The number of nitrogens with two attached hydrogens (primary N) is 1. The minimum atomic E-state index is 0.843. The molecule has 1 nitrogen and oxygen atoms in total. The Hall–Kier alpha value is 0.553. The molecule has 0 aliphatic rings. The Bertz CT molecular complexity index is 108. The quantitative estimate of drug-likeness (QED) is 0.733. The Morgan fingerprint density at radius 1 is 1.71 bits per heavy atom. The van der Waals surface area contributed by atoms with Crippen molar-refractivity contribution >= 4 is 9.13 Å². The van der Waals surface area contributed by atoms with E-state index in [1.54, 1.807) is 0 Å². The molecule has 0 unspecified atom stereocenters. The molecular weight excluding hydrogens is 297 g/mol. The zero-order valence-electron chi connectivity index (χ0n) is 3.66. The van der Waals surface area contributed by atoms with E-state index >= 15 is 0 Å². The molecule has 0 aromatic rings. The summed E-state index contributed by atoms with van der Waals surface area (Å²) in [6, 6.07) is 0.